The Balaban J connectivity index is 1.66. The van der Waals surface area contributed by atoms with E-state index >= 15 is 0 Å². The summed E-state index contributed by atoms with van der Waals surface area (Å²) >= 11 is 7.65. The summed E-state index contributed by atoms with van der Waals surface area (Å²) in [4.78, 5) is 19.2. The first-order valence-corrected chi connectivity index (χ1v) is 12.6. The molecule has 1 saturated carbocycles. The Hall–Kier alpha value is -2.30. The third-order valence-electron chi connectivity index (χ3n) is 6.74. The minimum atomic E-state index is -0.0794. The number of hydrogen-bond donors (Lipinski definition) is 0. The molecular formula is C27H27ClN2OS. The van der Waals surface area contributed by atoms with Gasteiger partial charge in [-0.3, -0.25) is 9.36 Å². The fourth-order valence-electron chi connectivity index (χ4n) is 5.29. The number of allylic oxidation sites excluding steroid dienone is 1. The lowest BCUT2D eigenvalue weighted by molar-refractivity contribution is 0.417. The molecule has 0 atom stereocenters. The zero-order chi connectivity index (χ0) is 22.3. The van der Waals surface area contributed by atoms with Crippen LogP contribution in [0.2, 0.25) is 5.02 Å². The van der Waals surface area contributed by atoms with Crippen molar-refractivity contribution in [2.24, 2.45) is 0 Å². The lowest BCUT2D eigenvalue weighted by Crippen LogP contribution is -2.40. The summed E-state index contributed by atoms with van der Waals surface area (Å²) in [6.07, 6.45) is 5.42. The molecule has 1 heterocycles. The molecule has 2 aliphatic carbocycles. The molecule has 1 spiro atoms. The van der Waals surface area contributed by atoms with E-state index in [1.807, 2.05) is 35.8 Å². The molecule has 0 bridgehead atoms. The van der Waals surface area contributed by atoms with Crippen molar-refractivity contribution in [1.29, 1.82) is 0 Å². The molecule has 0 unspecified atom stereocenters. The molecule has 1 fully saturated rings. The third-order valence-corrected chi connectivity index (χ3v) is 8.04. The van der Waals surface area contributed by atoms with Crippen LogP contribution in [0, 0.1) is 0 Å². The van der Waals surface area contributed by atoms with E-state index in [4.69, 9.17) is 16.6 Å². The smallest absolute Gasteiger partial charge is 0.258 e. The van der Waals surface area contributed by atoms with Crippen LogP contribution in [-0.2, 0) is 24.1 Å². The number of aromatic nitrogens is 2. The Bertz CT molecular complexity index is 1240. The van der Waals surface area contributed by atoms with Crippen LogP contribution in [0.15, 0.2) is 70.6 Å². The van der Waals surface area contributed by atoms with Gasteiger partial charge in [0.05, 0.1) is 11.3 Å². The van der Waals surface area contributed by atoms with E-state index in [1.165, 1.54) is 18.4 Å². The van der Waals surface area contributed by atoms with Crippen molar-refractivity contribution in [1.82, 2.24) is 9.55 Å². The van der Waals surface area contributed by atoms with Crippen molar-refractivity contribution >= 4 is 23.4 Å². The molecule has 0 aliphatic heterocycles. The Morgan fingerprint density at radius 2 is 1.88 bits per heavy atom. The van der Waals surface area contributed by atoms with Crippen molar-refractivity contribution in [3.8, 4) is 11.3 Å². The van der Waals surface area contributed by atoms with Gasteiger partial charge in [0, 0.05) is 28.3 Å². The highest BCUT2D eigenvalue weighted by Gasteiger charge is 2.44. The van der Waals surface area contributed by atoms with E-state index in [-0.39, 0.29) is 11.0 Å². The number of hydrogen-bond acceptors (Lipinski definition) is 3. The van der Waals surface area contributed by atoms with Crippen molar-refractivity contribution < 1.29 is 0 Å². The van der Waals surface area contributed by atoms with Crippen LogP contribution >= 0.6 is 23.4 Å². The predicted octanol–water partition coefficient (Wildman–Crippen LogP) is 6.80. The van der Waals surface area contributed by atoms with Crippen molar-refractivity contribution in [2.75, 3.05) is 0 Å². The fraction of sp³-hybridized carbons (Fsp3) is 0.333. The Morgan fingerprint density at radius 1 is 1.16 bits per heavy atom. The Morgan fingerprint density at radius 3 is 2.59 bits per heavy atom. The summed E-state index contributed by atoms with van der Waals surface area (Å²) in [5.74, 6) is 0.728. The Labute approximate surface area is 198 Å². The van der Waals surface area contributed by atoms with Gasteiger partial charge in [-0.05, 0) is 49.4 Å². The molecule has 164 valence electrons. The first-order chi connectivity index (χ1) is 15.5. The number of thioether (sulfide) groups is 1. The van der Waals surface area contributed by atoms with Crippen LogP contribution in [0.3, 0.4) is 0 Å². The quantitative estimate of drug-likeness (QED) is 0.237. The SMILES string of the molecule is C=C(C)Cn1c(SCc2ccc(Cl)cc2)nc2c(c1=O)C1(CCCC1)Cc1ccccc1-2. The van der Waals surface area contributed by atoms with Gasteiger partial charge in [-0.25, -0.2) is 4.98 Å². The molecule has 5 rings (SSSR count). The van der Waals surface area contributed by atoms with E-state index in [2.05, 4.69) is 30.8 Å². The molecule has 0 radical (unpaired) electrons. The van der Waals surface area contributed by atoms with E-state index in [0.29, 0.717) is 6.54 Å². The molecule has 0 amide bonds. The second-order valence-electron chi connectivity index (χ2n) is 9.20. The summed E-state index contributed by atoms with van der Waals surface area (Å²) in [7, 11) is 0. The maximum Gasteiger partial charge on any atom is 0.258 e. The maximum atomic E-state index is 14.0. The highest BCUT2D eigenvalue weighted by Crippen LogP contribution is 2.50. The monoisotopic (exact) mass is 462 g/mol. The molecule has 0 N–H and O–H groups in total. The van der Waals surface area contributed by atoms with Crippen LogP contribution in [0.4, 0.5) is 0 Å². The van der Waals surface area contributed by atoms with Gasteiger partial charge in [0.2, 0.25) is 0 Å². The largest absolute Gasteiger partial charge is 0.283 e. The third kappa shape index (κ3) is 3.84. The predicted molar refractivity (Wildman–Crippen MR) is 134 cm³/mol. The van der Waals surface area contributed by atoms with Crippen LogP contribution < -0.4 is 5.56 Å². The lowest BCUT2D eigenvalue weighted by atomic mass is 9.68. The Kier molecular flexibility index (Phi) is 5.77. The standard InChI is InChI=1S/C27H27ClN2OS/c1-18(2)16-30-25(31)23-24(29-26(30)32-17-19-9-11-21(28)12-10-19)22-8-4-3-7-20(22)15-27(23)13-5-6-14-27/h3-4,7-12H,1,5-6,13-17H2,2H3. The number of fused-ring (bicyclic) bond motifs is 4. The summed E-state index contributed by atoms with van der Waals surface area (Å²) < 4.78 is 1.86. The van der Waals surface area contributed by atoms with E-state index < -0.39 is 0 Å². The molecule has 2 aromatic carbocycles. The van der Waals surface area contributed by atoms with E-state index in [1.54, 1.807) is 11.8 Å². The van der Waals surface area contributed by atoms with Gasteiger partial charge < -0.3 is 0 Å². The summed E-state index contributed by atoms with van der Waals surface area (Å²) in [5, 5.41) is 1.49. The second-order valence-corrected chi connectivity index (χ2v) is 10.6. The number of benzene rings is 2. The van der Waals surface area contributed by atoms with Gasteiger partial charge in [0.25, 0.3) is 5.56 Å². The van der Waals surface area contributed by atoms with Crippen LogP contribution in [0.1, 0.15) is 49.3 Å². The average molecular weight is 463 g/mol. The minimum absolute atomic E-state index is 0.0794. The summed E-state index contributed by atoms with van der Waals surface area (Å²) in [6, 6.07) is 16.3. The molecule has 1 aromatic heterocycles. The van der Waals surface area contributed by atoms with Crippen LogP contribution in [0.25, 0.3) is 11.3 Å². The van der Waals surface area contributed by atoms with Gasteiger partial charge in [-0.15, -0.1) is 0 Å². The van der Waals surface area contributed by atoms with Crippen molar-refractivity contribution in [3.05, 3.63) is 92.7 Å². The normalized spacial score (nSPS) is 16.1. The maximum absolute atomic E-state index is 14.0. The highest BCUT2D eigenvalue weighted by molar-refractivity contribution is 7.98. The zero-order valence-corrected chi connectivity index (χ0v) is 19.9. The first kappa shape index (κ1) is 21.5. The topological polar surface area (TPSA) is 34.9 Å². The summed E-state index contributed by atoms with van der Waals surface area (Å²) in [5.41, 5.74) is 6.42. The van der Waals surface area contributed by atoms with Crippen LogP contribution in [0.5, 0.6) is 0 Å². The number of nitrogens with zero attached hydrogens (tertiary/aromatic N) is 2. The zero-order valence-electron chi connectivity index (χ0n) is 18.4. The highest BCUT2D eigenvalue weighted by atomic mass is 35.5. The van der Waals surface area contributed by atoms with Crippen molar-refractivity contribution in [2.45, 2.75) is 61.9 Å². The molecule has 32 heavy (non-hydrogen) atoms. The summed E-state index contributed by atoms with van der Waals surface area (Å²) in [6.45, 7) is 6.56. The number of rotatable bonds is 5. The fourth-order valence-corrected chi connectivity index (χ4v) is 6.37. The number of halogens is 1. The second kappa shape index (κ2) is 8.57. The van der Waals surface area contributed by atoms with Crippen molar-refractivity contribution in [3.63, 3.8) is 0 Å². The van der Waals surface area contributed by atoms with Gasteiger partial charge in [-0.2, -0.15) is 0 Å². The molecule has 5 heteroatoms. The average Bonchev–Trinajstić information content (AvgIpc) is 3.23. The lowest BCUT2D eigenvalue weighted by Gasteiger charge is -2.36. The molecule has 0 saturated heterocycles. The molecule has 3 aromatic rings. The van der Waals surface area contributed by atoms with E-state index in [0.717, 1.165) is 63.2 Å². The minimum Gasteiger partial charge on any atom is -0.283 e. The van der Waals surface area contributed by atoms with E-state index in [9.17, 15) is 4.79 Å². The van der Waals surface area contributed by atoms with Gasteiger partial charge in [0.1, 0.15) is 0 Å². The van der Waals surface area contributed by atoms with Gasteiger partial charge in [-0.1, -0.05) is 84.8 Å². The van der Waals surface area contributed by atoms with Gasteiger partial charge >= 0.3 is 0 Å². The molecule has 2 aliphatic rings. The van der Waals surface area contributed by atoms with Crippen LogP contribution in [-0.4, -0.2) is 9.55 Å². The first-order valence-electron chi connectivity index (χ1n) is 11.2. The molecule has 3 nitrogen and oxygen atoms in total. The molecular weight excluding hydrogens is 436 g/mol. The van der Waals surface area contributed by atoms with Gasteiger partial charge in [0.15, 0.2) is 5.16 Å².